The topological polar surface area (TPSA) is 77.8 Å². The average molecular weight is 310 g/mol. The Kier molecular flexibility index (Phi) is 3.76. The number of aromatic amines is 1. The van der Waals surface area contributed by atoms with Crippen LogP contribution in [0.15, 0.2) is 32.9 Å². The molecule has 0 aliphatic heterocycles. The second-order valence-corrected chi connectivity index (χ2v) is 4.77. The van der Waals surface area contributed by atoms with Gasteiger partial charge in [-0.1, -0.05) is 22.9 Å². The third-order valence-electron chi connectivity index (χ3n) is 2.44. The van der Waals surface area contributed by atoms with Crippen LogP contribution in [-0.4, -0.2) is 16.0 Å². The monoisotopic (exact) mass is 309 g/mol. The van der Waals surface area contributed by atoms with Crippen molar-refractivity contribution in [1.82, 2.24) is 4.98 Å². The maximum Gasteiger partial charge on any atom is 0.264 e. The normalized spacial score (nSPS) is 11.4. The Morgan fingerprint density at radius 2 is 2.28 bits per heavy atom. The summed E-state index contributed by atoms with van der Waals surface area (Å²) >= 11 is 3.35. The van der Waals surface area contributed by atoms with Crippen LogP contribution in [0.2, 0.25) is 0 Å². The highest BCUT2D eigenvalue weighted by Crippen LogP contribution is 2.36. The molecule has 1 amide bonds. The molecule has 0 bridgehead atoms. The van der Waals surface area contributed by atoms with E-state index in [9.17, 15) is 9.90 Å². The molecule has 0 aliphatic rings. The number of benzene rings is 1. The summed E-state index contributed by atoms with van der Waals surface area (Å²) in [4.78, 5) is 14.1. The largest absolute Gasteiger partial charge is 0.493 e. The molecule has 1 heterocycles. The first-order valence-corrected chi connectivity index (χ1v) is 6.36. The third-order valence-corrected chi connectivity index (χ3v) is 2.93. The lowest BCUT2D eigenvalue weighted by molar-refractivity contribution is -0.118. The van der Waals surface area contributed by atoms with E-state index in [1.54, 1.807) is 0 Å². The SMILES string of the molecule is CCCC(=O)N=Nc1c(O)[nH]c2ccc(Br)cc12. The summed E-state index contributed by atoms with van der Waals surface area (Å²) in [5.41, 5.74) is 1.03. The molecular weight excluding hydrogens is 298 g/mol. The number of amides is 1. The zero-order valence-electron chi connectivity index (χ0n) is 9.77. The van der Waals surface area contributed by atoms with Crippen molar-refractivity contribution < 1.29 is 9.90 Å². The van der Waals surface area contributed by atoms with E-state index >= 15 is 0 Å². The Hall–Kier alpha value is -1.69. The molecule has 2 rings (SSSR count). The molecule has 18 heavy (non-hydrogen) atoms. The second kappa shape index (κ2) is 5.30. The summed E-state index contributed by atoms with van der Waals surface area (Å²) in [7, 11) is 0. The molecule has 2 aromatic rings. The number of carbonyl (C=O) groups excluding carboxylic acids is 1. The van der Waals surface area contributed by atoms with E-state index in [0.29, 0.717) is 6.42 Å². The van der Waals surface area contributed by atoms with Gasteiger partial charge < -0.3 is 10.1 Å². The number of azo groups is 1. The van der Waals surface area contributed by atoms with Gasteiger partial charge in [-0.25, -0.2) is 0 Å². The Morgan fingerprint density at radius 3 is 3.00 bits per heavy atom. The Labute approximate surface area is 112 Å². The summed E-state index contributed by atoms with van der Waals surface area (Å²) in [6, 6.07) is 5.47. The highest BCUT2D eigenvalue weighted by atomic mass is 79.9. The molecule has 0 spiro atoms. The van der Waals surface area contributed by atoms with Crippen molar-refractivity contribution in [1.29, 1.82) is 0 Å². The maximum atomic E-state index is 11.3. The summed E-state index contributed by atoms with van der Waals surface area (Å²) in [6.07, 6.45) is 1.08. The van der Waals surface area contributed by atoms with Gasteiger partial charge in [0.2, 0.25) is 5.88 Å². The molecule has 6 heteroatoms. The zero-order valence-corrected chi connectivity index (χ0v) is 11.4. The van der Waals surface area contributed by atoms with E-state index in [-0.39, 0.29) is 17.5 Å². The lowest BCUT2D eigenvalue weighted by atomic mass is 10.2. The average Bonchev–Trinajstić information content (AvgIpc) is 2.62. The Balaban J connectivity index is 2.41. The van der Waals surface area contributed by atoms with Gasteiger partial charge in [-0.15, -0.1) is 10.2 Å². The van der Waals surface area contributed by atoms with Crippen LogP contribution >= 0.6 is 15.9 Å². The number of rotatable bonds is 3. The van der Waals surface area contributed by atoms with Crippen LogP contribution < -0.4 is 0 Å². The van der Waals surface area contributed by atoms with E-state index in [1.807, 2.05) is 25.1 Å². The number of hydrogen-bond donors (Lipinski definition) is 2. The molecule has 2 N–H and O–H groups in total. The van der Waals surface area contributed by atoms with Crippen molar-refractivity contribution in [3.05, 3.63) is 22.7 Å². The maximum absolute atomic E-state index is 11.3. The second-order valence-electron chi connectivity index (χ2n) is 3.86. The molecule has 1 aromatic carbocycles. The quantitative estimate of drug-likeness (QED) is 0.839. The number of hydrogen-bond acceptors (Lipinski definition) is 3. The lowest BCUT2D eigenvalue weighted by Gasteiger charge is -1.93. The lowest BCUT2D eigenvalue weighted by Crippen LogP contribution is -1.88. The van der Waals surface area contributed by atoms with E-state index < -0.39 is 0 Å². The first-order valence-electron chi connectivity index (χ1n) is 5.56. The summed E-state index contributed by atoms with van der Waals surface area (Å²) in [5.74, 6) is -0.377. The number of halogens is 1. The Morgan fingerprint density at radius 1 is 1.50 bits per heavy atom. The van der Waals surface area contributed by atoms with E-state index in [0.717, 1.165) is 21.8 Å². The molecular formula is C12H12BrN3O2. The minimum Gasteiger partial charge on any atom is -0.493 e. The molecule has 0 saturated carbocycles. The predicted octanol–water partition coefficient (Wildman–Crippen LogP) is 4.05. The first kappa shape index (κ1) is 12.8. The van der Waals surface area contributed by atoms with Crippen LogP contribution in [0.3, 0.4) is 0 Å². The van der Waals surface area contributed by atoms with Crippen LogP contribution in [0.25, 0.3) is 10.9 Å². The van der Waals surface area contributed by atoms with Crippen LogP contribution in [0.4, 0.5) is 5.69 Å². The molecule has 0 aliphatic carbocycles. The molecule has 94 valence electrons. The van der Waals surface area contributed by atoms with Crippen molar-refractivity contribution in [2.24, 2.45) is 10.2 Å². The minimum atomic E-state index is -0.291. The van der Waals surface area contributed by atoms with Crippen molar-refractivity contribution in [3.8, 4) is 5.88 Å². The van der Waals surface area contributed by atoms with Gasteiger partial charge in [-0.3, -0.25) is 4.79 Å². The van der Waals surface area contributed by atoms with Gasteiger partial charge in [0.25, 0.3) is 5.91 Å². The van der Waals surface area contributed by atoms with Crippen molar-refractivity contribution >= 4 is 38.4 Å². The molecule has 0 unspecified atom stereocenters. The van der Waals surface area contributed by atoms with Crippen LogP contribution in [0, 0.1) is 0 Å². The fourth-order valence-corrected chi connectivity index (χ4v) is 1.97. The third kappa shape index (κ3) is 2.59. The van der Waals surface area contributed by atoms with Gasteiger partial charge in [0.1, 0.15) is 0 Å². The standard InChI is InChI=1S/C12H12BrN3O2/c1-2-3-10(17)15-16-11-8-6-7(13)4-5-9(8)14-12(11)18/h4-6,14,18H,2-3H2,1H3. The first-order chi connectivity index (χ1) is 8.61. The number of carbonyl (C=O) groups is 1. The van der Waals surface area contributed by atoms with Gasteiger partial charge in [0.05, 0.1) is 5.52 Å². The summed E-state index contributed by atoms with van der Waals surface area (Å²) in [6.45, 7) is 1.90. The molecule has 0 saturated heterocycles. The van der Waals surface area contributed by atoms with E-state index in [2.05, 4.69) is 31.1 Å². The number of aromatic nitrogens is 1. The van der Waals surface area contributed by atoms with E-state index in [1.165, 1.54) is 0 Å². The van der Waals surface area contributed by atoms with Gasteiger partial charge >= 0.3 is 0 Å². The van der Waals surface area contributed by atoms with Crippen molar-refractivity contribution in [2.75, 3.05) is 0 Å². The number of nitrogens with zero attached hydrogens (tertiary/aromatic N) is 2. The zero-order chi connectivity index (χ0) is 13.1. The molecule has 1 aromatic heterocycles. The number of nitrogens with one attached hydrogen (secondary N) is 1. The molecule has 5 nitrogen and oxygen atoms in total. The number of aromatic hydroxyl groups is 1. The van der Waals surface area contributed by atoms with Crippen LogP contribution in [0.5, 0.6) is 5.88 Å². The van der Waals surface area contributed by atoms with Crippen molar-refractivity contribution in [3.63, 3.8) is 0 Å². The number of H-pyrrole nitrogens is 1. The summed E-state index contributed by atoms with van der Waals surface area (Å²) in [5, 5.41) is 17.9. The highest BCUT2D eigenvalue weighted by molar-refractivity contribution is 9.10. The molecule has 0 atom stereocenters. The number of fused-ring (bicyclic) bond motifs is 1. The van der Waals surface area contributed by atoms with Gasteiger partial charge in [-0.05, 0) is 24.6 Å². The molecule has 0 fully saturated rings. The van der Waals surface area contributed by atoms with Crippen molar-refractivity contribution in [2.45, 2.75) is 19.8 Å². The van der Waals surface area contributed by atoms with Gasteiger partial charge in [0, 0.05) is 16.3 Å². The fraction of sp³-hybridized carbons (Fsp3) is 0.250. The highest BCUT2D eigenvalue weighted by Gasteiger charge is 2.11. The molecule has 0 radical (unpaired) electrons. The van der Waals surface area contributed by atoms with Gasteiger partial charge in [-0.2, -0.15) is 0 Å². The fourth-order valence-electron chi connectivity index (χ4n) is 1.61. The Bertz CT molecular complexity index is 619. The van der Waals surface area contributed by atoms with E-state index in [4.69, 9.17) is 0 Å². The summed E-state index contributed by atoms with van der Waals surface area (Å²) < 4.78 is 0.866. The van der Waals surface area contributed by atoms with Crippen LogP contribution in [0.1, 0.15) is 19.8 Å². The smallest absolute Gasteiger partial charge is 0.264 e. The van der Waals surface area contributed by atoms with Crippen LogP contribution in [-0.2, 0) is 4.79 Å². The van der Waals surface area contributed by atoms with Gasteiger partial charge in [0.15, 0.2) is 5.69 Å². The predicted molar refractivity (Wildman–Crippen MR) is 72.1 cm³/mol. The minimum absolute atomic E-state index is 0.0869.